The van der Waals surface area contributed by atoms with E-state index >= 15 is 0 Å². The molecule has 31 heavy (non-hydrogen) atoms. The molecular weight excluding hydrogens is 396 g/mol. The molecule has 0 radical (unpaired) electrons. The summed E-state index contributed by atoms with van der Waals surface area (Å²) in [5.41, 5.74) is 0.707. The second kappa shape index (κ2) is 9.58. The van der Waals surface area contributed by atoms with E-state index in [9.17, 15) is 14.4 Å². The second-order valence-corrected chi connectivity index (χ2v) is 9.47. The predicted octanol–water partition coefficient (Wildman–Crippen LogP) is 3.69. The average Bonchev–Trinajstić information content (AvgIpc) is 3.55. The van der Waals surface area contributed by atoms with E-state index < -0.39 is 5.60 Å². The number of carbonyl (C=O) groups is 3. The molecule has 0 unspecified atom stereocenters. The van der Waals surface area contributed by atoms with Crippen molar-refractivity contribution in [2.45, 2.75) is 58.1 Å². The molecule has 1 aliphatic carbocycles. The van der Waals surface area contributed by atoms with E-state index in [1.807, 2.05) is 20.8 Å². The van der Waals surface area contributed by atoms with Gasteiger partial charge in [-0.3, -0.25) is 4.79 Å². The van der Waals surface area contributed by atoms with Gasteiger partial charge in [-0.2, -0.15) is 0 Å². The Morgan fingerprint density at radius 2 is 1.68 bits per heavy atom. The highest BCUT2D eigenvalue weighted by Crippen LogP contribution is 2.27. The Labute approximate surface area is 184 Å². The van der Waals surface area contributed by atoms with Crippen LogP contribution in [0.25, 0.3) is 0 Å². The van der Waals surface area contributed by atoms with Crippen LogP contribution in [0.5, 0.6) is 0 Å². The molecule has 8 heteroatoms. The topological polar surface area (TPSA) is 91.0 Å². The molecule has 3 rings (SSSR count). The van der Waals surface area contributed by atoms with E-state index in [1.54, 1.807) is 41.1 Å². The molecule has 1 heterocycles. The average molecular weight is 431 g/mol. The number of likely N-dealkylation sites (tertiary alicyclic amines) is 1. The van der Waals surface area contributed by atoms with Crippen LogP contribution in [0.2, 0.25) is 0 Å². The summed E-state index contributed by atoms with van der Waals surface area (Å²) in [6.07, 6.45) is 3.49. The van der Waals surface area contributed by atoms with E-state index in [0.29, 0.717) is 49.6 Å². The van der Waals surface area contributed by atoms with Crippen molar-refractivity contribution in [3.05, 3.63) is 29.8 Å². The highest BCUT2D eigenvalue weighted by Gasteiger charge is 2.30. The van der Waals surface area contributed by atoms with Crippen LogP contribution in [-0.4, -0.2) is 66.2 Å². The molecule has 1 aromatic carbocycles. The summed E-state index contributed by atoms with van der Waals surface area (Å²) in [6, 6.07) is 6.78. The number of benzene rings is 1. The molecule has 2 aliphatic rings. The number of rotatable bonds is 5. The first-order valence-corrected chi connectivity index (χ1v) is 11.0. The molecule has 8 nitrogen and oxygen atoms in total. The zero-order valence-corrected chi connectivity index (χ0v) is 18.9. The van der Waals surface area contributed by atoms with Crippen LogP contribution in [0, 0.1) is 5.92 Å². The van der Waals surface area contributed by atoms with Gasteiger partial charge in [0.25, 0.3) is 5.91 Å². The fourth-order valence-corrected chi connectivity index (χ4v) is 3.56. The number of nitrogens with one attached hydrogen (secondary N) is 2. The highest BCUT2D eigenvalue weighted by atomic mass is 16.6. The maximum absolute atomic E-state index is 12.9. The van der Waals surface area contributed by atoms with Crippen molar-refractivity contribution in [1.29, 1.82) is 0 Å². The van der Waals surface area contributed by atoms with E-state index in [2.05, 4.69) is 10.6 Å². The Bertz CT molecular complexity index is 791. The van der Waals surface area contributed by atoms with Gasteiger partial charge >= 0.3 is 12.1 Å². The third-order valence-electron chi connectivity index (χ3n) is 5.62. The van der Waals surface area contributed by atoms with Crippen molar-refractivity contribution in [1.82, 2.24) is 15.1 Å². The van der Waals surface area contributed by atoms with Crippen LogP contribution in [-0.2, 0) is 4.74 Å². The predicted molar refractivity (Wildman–Crippen MR) is 119 cm³/mol. The number of urea groups is 1. The van der Waals surface area contributed by atoms with Gasteiger partial charge in [-0.25, -0.2) is 9.59 Å². The third-order valence-corrected chi connectivity index (χ3v) is 5.62. The van der Waals surface area contributed by atoms with E-state index in [-0.39, 0.29) is 24.1 Å². The zero-order chi connectivity index (χ0) is 22.6. The third kappa shape index (κ3) is 6.87. The van der Waals surface area contributed by atoms with Crippen LogP contribution in [0.4, 0.5) is 15.3 Å². The summed E-state index contributed by atoms with van der Waals surface area (Å²) in [7, 11) is 1.80. The van der Waals surface area contributed by atoms with Crippen LogP contribution < -0.4 is 10.6 Å². The largest absolute Gasteiger partial charge is 0.444 e. The summed E-state index contributed by atoms with van der Waals surface area (Å²) in [4.78, 5) is 40.5. The minimum absolute atomic E-state index is 0.0668. The molecule has 1 aliphatic heterocycles. The lowest BCUT2D eigenvalue weighted by Gasteiger charge is -2.37. The Morgan fingerprint density at radius 1 is 1.06 bits per heavy atom. The number of ether oxygens (including phenoxy) is 1. The molecule has 1 aromatic rings. The SMILES string of the molecule is CN(C(=O)c1ccc(NC(=O)NCC2CC2)cc1)C1CCN(C(=O)OC(C)(C)C)CC1. The fourth-order valence-electron chi connectivity index (χ4n) is 3.56. The van der Waals surface area contributed by atoms with Gasteiger partial charge in [-0.15, -0.1) is 0 Å². The van der Waals surface area contributed by atoms with E-state index in [0.717, 1.165) is 0 Å². The van der Waals surface area contributed by atoms with Gasteiger partial charge < -0.3 is 25.2 Å². The highest BCUT2D eigenvalue weighted by molar-refractivity contribution is 5.95. The van der Waals surface area contributed by atoms with Crippen molar-refractivity contribution in [3.8, 4) is 0 Å². The van der Waals surface area contributed by atoms with Gasteiger partial charge in [0.2, 0.25) is 0 Å². The van der Waals surface area contributed by atoms with Crippen LogP contribution >= 0.6 is 0 Å². The number of amides is 4. The maximum Gasteiger partial charge on any atom is 0.410 e. The van der Waals surface area contributed by atoms with Crippen molar-refractivity contribution < 1.29 is 19.1 Å². The lowest BCUT2D eigenvalue weighted by atomic mass is 10.0. The summed E-state index contributed by atoms with van der Waals surface area (Å²) in [5.74, 6) is 0.553. The molecule has 2 fully saturated rings. The molecule has 170 valence electrons. The first-order chi connectivity index (χ1) is 14.6. The Kier molecular flexibility index (Phi) is 7.08. The molecule has 4 amide bonds. The van der Waals surface area contributed by atoms with E-state index in [4.69, 9.17) is 4.74 Å². The number of carbonyl (C=O) groups excluding carboxylic acids is 3. The summed E-state index contributed by atoms with van der Waals surface area (Å²) < 4.78 is 5.43. The Hall–Kier alpha value is -2.77. The molecule has 0 aromatic heterocycles. The summed E-state index contributed by atoms with van der Waals surface area (Å²) in [5, 5.41) is 5.64. The quantitative estimate of drug-likeness (QED) is 0.745. The smallest absolute Gasteiger partial charge is 0.410 e. The van der Waals surface area contributed by atoms with Crippen LogP contribution in [0.3, 0.4) is 0 Å². The fraction of sp³-hybridized carbons (Fsp3) is 0.609. The minimum Gasteiger partial charge on any atom is -0.444 e. The number of anilines is 1. The molecular formula is C23H34N4O4. The van der Waals surface area contributed by atoms with E-state index in [1.165, 1.54) is 12.8 Å². The number of piperidine rings is 1. The van der Waals surface area contributed by atoms with Crippen molar-refractivity contribution >= 4 is 23.7 Å². The lowest BCUT2D eigenvalue weighted by Crippen LogP contribution is -2.48. The molecule has 0 atom stereocenters. The standard InChI is InChI=1S/C23H34N4O4/c1-23(2,3)31-22(30)27-13-11-19(12-14-27)26(4)20(28)17-7-9-18(10-8-17)25-21(29)24-15-16-5-6-16/h7-10,16,19H,5-6,11-15H2,1-4H3,(H2,24,25,29). The molecule has 0 spiro atoms. The first kappa shape index (κ1) is 22.9. The van der Waals surface area contributed by atoms with Gasteiger partial charge in [0.1, 0.15) is 5.60 Å². The van der Waals surface area contributed by atoms with Crippen molar-refractivity contribution in [3.63, 3.8) is 0 Å². The first-order valence-electron chi connectivity index (χ1n) is 11.0. The normalized spacial score (nSPS) is 17.1. The van der Waals surface area contributed by atoms with Gasteiger partial charge in [0.15, 0.2) is 0 Å². The zero-order valence-electron chi connectivity index (χ0n) is 18.9. The lowest BCUT2D eigenvalue weighted by molar-refractivity contribution is 0.0160. The Morgan fingerprint density at radius 3 is 2.23 bits per heavy atom. The maximum atomic E-state index is 12.9. The minimum atomic E-state index is -0.514. The number of hydrogen-bond donors (Lipinski definition) is 2. The van der Waals surface area contributed by atoms with Crippen LogP contribution in [0.15, 0.2) is 24.3 Å². The van der Waals surface area contributed by atoms with Gasteiger partial charge in [-0.05, 0) is 76.6 Å². The molecule has 0 bridgehead atoms. The van der Waals surface area contributed by atoms with Gasteiger partial charge in [-0.1, -0.05) is 0 Å². The molecule has 1 saturated heterocycles. The van der Waals surface area contributed by atoms with Gasteiger partial charge in [0, 0.05) is 44.0 Å². The number of hydrogen-bond acceptors (Lipinski definition) is 4. The molecule has 2 N–H and O–H groups in total. The van der Waals surface area contributed by atoms with Crippen molar-refractivity contribution in [2.75, 3.05) is 32.0 Å². The van der Waals surface area contributed by atoms with Crippen molar-refractivity contribution in [2.24, 2.45) is 5.92 Å². The Balaban J connectivity index is 1.47. The summed E-state index contributed by atoms with van der Waals surface area (Å²) in [6.45, 7) is 7.40. The van der Waals surface area contributed by atoms with Gasteiger partial charge in [0.05, 0.1) is 0 Å². The second-order valence-electron chi connectivity index (χ2n) is 9.47. The monoisotopic (exact) mass is 430 g/mol. The van der Waals surface area contributed by atoms with Crippen LogP contribution in [0.1, 0.15) is 56.8 Å². The number of nitrogens with zero attached hydrogens (tertiary/aromatic N) is 2. The summed E-state index contributed by atoms with van der Waals surface area (Å²) >= 11 is 0. The molecule has 1 saturated carbocycles.